The van der Waals surface area contributed by atoms with Crippen molar-refractivity contribution in [2.24, 2.45) is 5.73 Å². The molecule has 2 atom stereocenters. The van der Waals surface area contributed by atoms with Crippen molar-refractivity contribution in [3.8, 4) is 6.07 Å². The van der Waals surface area contributed by atoms with Crippen molar-refractivity contribution in [1.29, 1.82) is 5.26 Å². The Labute approximate surface area is 161 Å². The molecule has 0 bridgehead atoms. The van der Waals surface area contributed by atoms with Crippen molar-refractivity contribution in [1.82, 2.24) is 25.2 Å². The maximum Gasteiger partial charge on any atom is 0.169 e. The highest BCUT2D eigenvalue weighted by atomic mass is 19.1. The average Bonchev–Trinajstić information content (AvgIpc) is 3.30. The SMILES string of the molecule is CC(OC1=C(N)C=CN2C1=C(C#N)C(c1cn[nH]c1)N2C)c1ccc(F)cn1. The van der Waals surface area contributed by atoms with Crippen LogP contribution in [0.15, 0.2) is 65.7 Å². The molecule has 2 unspecified atom stereocenters. The van der Waals surface area contributed by atoms with E-state index in [1.54, 1.807) is 37.7 Å². The fourth-order valence-electron chi connectivity index (χ4n) is 3.39. The second-order valence-electron chi connectivity index (χ2n) is 6.49. The van der Waals surface area contributed by atoms with Crippen molar-refractivity contribution in [3.05, 3.63) is 82.8 Å². The second kappa shape index (κ2) is 6.83. The van der Waals surface area contributed by atoms with Gasteiger partial charge >= 0.3 is 0 Å². The van der Waals surface area contributed by atoms with Crippen LogP contribution in [-0.2, 0) is 4.74 Å². The average molecular weight is 379 g/mol. The lowest BCUT2D eigenvalue weighted by molar-refractivity contribution is 0.0610. The number of halogens is 1. The molecular formula is C19H18FN7O. The summed E-state index contributed by atoms with van der Waals surface area (Å²) < 4.78 is 19.3. The molecule has 2 aromatic heterocycles. The molecular weight excluding hydrogens is 361 g/mol. The molecule has 2 aliphatic heterocycles. The largest absolute Gasteiger partial charge is 0.480 e. The van der Waals surface area contributed by atoms with Crippen molar-refractivity contribution in [2.75, 3.05) is 7.05 Å². The third-order valence-electron chi connectivity index (χ3n) is 4.76. The van der Waals surface area contributed by atoms with Gasteiger partial charge in [0.25, 0.3) is 0 Å². The van der Waals surface area contributed by atoms with E-state index in [4.69, 9.17) is 10.5 Å². The molecule has 0 radical (unpaired) electrons. The lowest BCUT2D eigenvalue weighted by Gasteiger charge is -2.32. The number of aromatic nitrogens is 3. The summed E-state index contributed by atoms with van der Waals surface area (Å²) in [5, 5.41) is 20.4. The van der Waals surface area contributed by atoms with Gasteiger partial charge in [0, 0.05) is 25.0 Å². The van der Waals surface area contributed by atoms with Gasteiger partial charge in [0.15, 0.2) is 5.76 Å². The molecule has 28 heavy (non-hydrogen) atoms. The van der Waals surface area contributed by atoms with Crippen molar-refractivity contribution >= 4 is 0 Å². The summed E-state index contributed by atoms with van der Waals surface area (Å²) in [6.45, 7) is 1.79. The summed E-state index contributed by atoms with van der Waals surface area (Å²) in [6, 6.07) is 4.84. The van der Waals surface area contributed by atoms with Gasteiger partial charge in [-0.05, 0) is 25.1 Å². The number of nitriles is 1. The monoisotopic (exact) mass is 379 g/mol. The normalized spacial score (nSPS) is 20.4. The molecule has 2 aliphatic rings. The Morgan fingerprint density at radius 2 is 2.21 bits per heavy atom. The fraction of sp³-hybridized carbons (Fsp3) is 0.211. The van der Waals surface area contributed by atoms with Crippen LogP contribution in [-0.4, -0.2) is 32.2 Å². The number of hydrogen-bond donors (Lipinski definition) is 2. The van der Waals surface area contributed by atoms with Gasteiger partial charge in [-0.25, -0.2) is 9.40 Å². The van der Waals surface area contributed by atoms with Crippen LogP contribution in [0, 0.1) is 17.1 Å². The third kappa shape index (κ3) is 2.80. The van der Waals surface area contributed by atoms with Gasteiger partial charge in [-0.3, -0.25) is 15.1 Å². The maximum atomic E-state index is 13.2. The number of ether oxygens (including phenoxy) is 1. The first-order chi connectivity index (χ1) is 13.5. The van der Waals surface area contributed by atoms with E-state index in [0.29, 0.717) is 28.4 Å². The van der Waals surface area contributed by atoms with Crippen LogP contribution < -0.4 is 5.73 Å². The topological polar surface area (TPSA) is 107 Å². The maximum absolute atomic E-state index is 13.2. The molecule has 0 amide bonds. The Bertz CT molecular complexity index is 1020. The molecule has 3 N–H and O–H groups in total. The minimum atomic E-state index is -0.492. The van der Waals surface area contributed by atoms with Gasteiger partial charge in [-0.2, -0.15) is 10.4 Å². The zero-order valence-corrected chi connectivity index (χ0v) is 15.3. The van der Waals surface area contributed by atoms with E-state index in [-0.39, 0.29) is 6.04 Å². The standard InChI is InChI=1S/C19H18FN7O/c1-11(16-4-3-13(20)10-23-16)28-19-15(22)5-6-27-18(19)14(7-21)17(26(27)2)12-8-24-25-9-12/h3-6,8-11,17H,22H2,1-2H3,(H,24,25). The summed E-state index contributed by atoms with van der Waals surface area (Å²) in [4.78, 5) is 4.07. The van der Waals surface area contributed by atoms with Gasteiger partial charge < -0.3 is 10.5 Å². The lowest BCUT2D eigenvalue weighted by Crippen LogP contribution is -2.34. The number of fused-ring (bicyclic) bond motifs is 1. The Hall–Kier alpha value is -3.64. The number of aromatic amines is 1. The quantitative estimate of drug-likeness (QED) is 0.840. The number of H-pyrrole nitrogens is 1. The molecule has 0 spiro atoms. The highest BCUT2D eigenvalue weighted by Crippen LogP contribution is 2.44. The number of nitrogens with two attached hydrogens (primary N) is 1. The third-order valence-corrected chi connectivity index (χ3v) is 4.76. The molecule has 4 rings (SSSR count). The summed E-state index contributed by atoms with van der Waals surface area (Å²) in [7, 11) is 1.87. The van der Waals surface area contributed by atoms with Gasteiger partial charge in [-0.1, -0.05) is 0 Å². The van der Waals surface area contributed by atoms with Crippen molar-refractivity contribution in [2.45, 2.75) is 19.1 Å². The Balaban J connectivity index is 1.74. The minimum absolute atomic E-state index is 0.327. The van der Waals surface area contributed by atoms with Gasteiger partial charge in [-0.15, -0.1) is 0 Å². The van der Waals surface area contributed by atoms with E-state index >= 15 is 0 Å². The first kappa shape index (κ1) is 17.8. The number of allylic oxidation sites excluding steroid dienone is 1. The smallest absolute Gasteiger partial charge is 0.169 e. The first-order valence-corrected chi connectivity index (χ1v) is 8.62. The number of nitrogens with zero attached hydrogens (tertiary/aromatic N) is 5. The van der Waals surface area contributed by atoms with Crippen LogP contribution >= 0.6 is 0 Å². The number of pyridine rings is 1. The number of nitrogens with one attached hydrogen (secondary N) is 1. The van der Waals surface area contributed by atoms with E-state index in [1.165, 1.54) is 6.07 Å². The van der Waals surface area contributed by atoms with E-state index < -0.39 is 11.9 Å². The van der Waals surface area contributed by atoms with E-state index in [0.717, 1.165) is 11.8 Å². The predicted molar refractivity (Wildman–Crippen MR) is 97.6 cm³/mol. The van der Waals surface area contributed by atoms with E-state index in [2.05, 4.69) is 21.3 Å². The molecule has 0 saturated carbocycles. The summed E-state index contributed by atoms with van der Waals surface area (Å²) >= 11 is 0. The van der Waals surface area contributed by atoms with Crippen LogP contribution in [0.2, 0.25) is 0 Å². The second-order valence-corrected chi connectivity index (χ2v) is 6.49. The summed E-state index contributed by atoms with van der Waals surface area (Å²) in [5.41, 5.74) is 9.06. The van der Waals surface area contributed by atoms with Gasteiger partial charge in [0.05, 0.1) is 41.5 Å². The van der Waals surface area contributed by atoms with Gasteiger partial charge in [0.1, 0.15) is 17.6 Å². The molecule has 142 valence electrons. The Morgan fingerprint density at radius 1 is 1.39 bits per heavy atom. The zero-order chi connectivity index (χ0) is 19.8. The molecule has 0 aromatic carbocycles. The summed E-state index contributed by atoms with van der Waals surface area (Å²) in [5.74, 6) is -0.0354. The Kier molecular flexibility index (Phi) is 4.33. The van der Waals surface area contributed by atoms with Crippen LogP contribution in [0.25, 0.3) is 0 Å². The van der Waals surface area contributed by atoms with Gasteiger partial charge in [0.2, 0.25) is 0 Å². The fourth-order valence-corrected chi connectivity index (χ4v) is 3.39. The molecule has 0 saturated heterocycles. The number of hydrazine groups is 1. The van der Waals surface area contributed by atoms with Crippen LogP contribution in [0.1, 0.15) is 30.3 Å². The summed E-state index contributed by atoms with van der Waals surface area (Å²) in [6.07, 6.45) is 7.58. The molecule has 9 heteroatoms. The number of rotatable bonds is 4. The zero-order valence-electron chi connectivity index (χ0n) is 15.3. The molecule has 4 heterocycles. The minimum Gasteiger partial charge on any atom is -0.480 e. The molecule has 0 fully saturated rings. The first-order valence-electron chi connectivity index (χ1n) is 8.62. The van der Waals surface area contributed by atoms with Crippen LogP contribution in [0.4, 0.5) is 4.39 Å². The number of likely N-dealkylation sites (N-methyl/N-ethyl adjacent to an activating group) is 1. The van der Waals surface area contributed by atoms with Crippen molar-refractivity contribution < 1.29 is 9.13 Å². The van der Waals surface area contributed by atoms with Crippen LogP contribution in [0.5, 0.6) is 0 Å². The van der Waals surface area contributed by atoms with E-state index in [9.17, 15) is 9.65 Å². The van der Waals surface area contributed by atoms with Crippen molar-refractivity contribution in [3.63, 3.8) is 0 Å². The molecule has 2 aromatic rings. The highest BCUT2D eigenvalue weighted by Gasteiger charge is 2.42. The highest BCUT2D eigenvalue weighted by molar-refractivity contribution is 5.52. The molecule has 0 aliphatic carbocycles. The van der Waals surface area contributed by atoms with E-state index in [1.807, 2.05) is 17.1 Å². The molecule has 8 nitrogen and oxygen atoms in total. The lowest BCUT2D eigenvalue weighted by atomic mass is 10.0. The van der Waals surface area contributed by atoms with Crippen LogP contribution in [0.3, 0.4) is 0 Å². The Morgan fingerprint density at radius 3 is 2.86 bits per heavy atom. The predicted octanol–water partition coefficient (Wildman–Crippen LogP) is 2.40. The number of hydrogen-bond acceptors (Lipinski definition) is 7.